The number of rotatable bonds is 5. The monoisotopic (exact) mass is 200 g/mol. The van der Waals surface area contributed by atoms with Gasteiger partial charge in [-0.25, -0.2) is 0 Å². The van der Waals surface area contributed by atoms with Gasteiger partial charge >= 0.3 is 5.97 Å². The number of aliphatic hydroxyl groups is 1. The molecule has 0 fully saturated rings. The van der Waals surface area contributed by atoms with Gasteiger partial charge in [0, 0.05) is 0 Å². The fourth-order valence-corrected chi connectivity index (χ4v) is 1.10. The first-order valence-corrected chi connectivity index (χ1v) is 4.97. The Balaban J connectivity index is 4.29. The summed E-state index contributed by atoms with van der Waals surface area (Å²) in [5.74, 6) is -0.759. The molecule has 0 aliphatic carbocycles. The smallest absolute Gasteiger partial charge is 0.311 e. The van der Waals surface area contributed by atoms with E-state index in [0.717, 1.165) is 5.57 Å². The van der Waals surface area contributed by atoms with Crippen molar-refractivity contribution in [1.29, 1.82) is 0 Å². The molecule has 0 aromatic carbocycles. The average Bonchev–Trinajstić information content (AvgIpc) is 2.03. The fraction of sp³-hybridized carbons (Fsp3) is 0.727. The van der Waals surface area contributed by atoms with Crippen LogP contribution in [0.15, 0.2) is 11.6 Å². The third kappa shape index (κ3) is 5.02. The SMILES string of the molecule is CCOC(=O)[C@@H](CC=C(C)C)[C@@H](C)O. The number of carbonyl (C=O) groups excluding carboxylic acids is 1. The van der Waals surface area contributed by atoms with Crippen LogP contribution in [0, 0.1) is 5.92 Å². The Morgan fingerprint density at radius 3 is 2.43 bits per heavy atom. The maximum atomic E-state index is 11.4. The van der Waals surface area contributed by atoms with Crippen molar-refractivity contribution in [1.82, 2.24) is 0 Å². The number of allylic oxidation sites excluding steroid dienone is 2. The van der Waals surface area contributed by atoms with Crippen molar-refractivity contribution < 1.29 is 14.6 Å². The Morgan fingerprint density at radius 2 is 2.07 bits per heavy atom. The molecule has 0 aliphatic heterocycles. The van der Waals surface area contributed by atoms with Crippen molar-refractivity contribution in [2.75, 3.05) is 6.61 Å². The molecule has 0 aromatic heterocycles. The Bertz CT molecular complexity index is 203. The number of ether oxygens (including phenoxy) is 1. The van der Waals surface area contributed by atoms with E-state index in [4.69, 9.17) is 4.74 Å². The lowest BCUT2D eigenvalue weighted by Crippen LogP contribution is -2.27. The molecule has 0 spiro atoms. The Morgan fingerprint density at radius 1 is 1.50 bits per heavy atom. The molecule has 0 unspecified atom stereocenters. The van der Waals surface area contributed by atoms with E-state index in [1.54, 1.807) is 13.8 Å². The lowest BCUT2D eigenvalue weighted by atomic mass is 9.99. The van der Waals surface area contributed by atoms with E-state index in [0.29, 0.717) is 13.0 Å². The highest BCUT2D eigenvalue weighted by molar-refractivity contribution is 5.73. The second-order valence-electron chi connectivity index (χ2n) is 3.62. The van der Waals surface area contributed by atoms with Crippen LogP contribution in [0.2, 0.25) is 0 Å². The molecule has 0 heterocycles. The van der Waals surface area contributed by atoms with Gasteiger partial charge in [0.25, 0.3) is 0 Å². The van der Waals surface area contributed by atoms with Crippen LogP contribution in [0.25, 0.3) is 0 Å². The molecule has 14 heavy (non-hydrogen) atoms. The molecule has 3 heteroatoms. The summed E-state index contributed by atoms with van der Waals surface area (Å²) in [6.07, 6.45) is 1.82. The zero-order valence-electron chi connectivity index (χ0n) is 9.41. The van der Waals surface area contributed by atoms with Crippen LogP contribution in [0.5, 0.6) is 0 Å². The minimum absolute atomic E-state index is 0.319. The van der Waals surface area contributed by atoms with Crippen LogP contribution < -0.4 is 0 Å². The highest BCUT2D eigenvalue weighted by atomic mass is 16.5. The molecule has 0 aromatic rings. The van der Waals surface area contributed by atoms with Gasteiger partial charge in [0.05, 0.1) is 18.6 Å². The fourth-order valence-electron chi connectivity index (χ4n) is 1.10. The van der Waals surface area contributed by atoms with Crippen molar-refractivity contribution >= 4 is 5.97 Å². The first-order valence-electron chi connectivity index (χ1n) is 4.97. The highest BCUT2D eigenvalue weighted by Crippen LogP contribution is 2.13. The Kier molecular flexibility index (Phi) is 6.21. The van der Waals surface area contributed by atoms with Gasteiger partial charge in [-0.15, -0.1) is 0 Å². The minimum Gasteiger partial charge on any atom is -0.466 e. The summed E-state index contributed by atoms with van der Waals surface area (Å²) < 4.78 is 4.87. The standard InChI is InChI=1S/C11H20O3/c1-5-14-11(13)10(9(4)12)7-6-8(2)3/h6,9-10,12H,5,7H2,1-4H3/t9-,10+/m1/s1. The van der Waals surface area contributed by atoms with Crippen molar-refractivity contribution in [2.45, 2.75) is 40.2 Å². The highest BCUT2D eigenvalue weighted by Gasteiger charge is 2.23. The number of esters is 1. The second kappa shape index (κ2) is 6.60. The van der Waals surface area contributed by atoms with Gasteiger partial charge in [0.2, 0.25) is 0 Å². The number of carbonyl (C=O) groups is 1. The molecule has 0 saturated heterocycles. The predicted molar refractivity (Wildman–Crippen MR) is 55.9 cm³/mol. The van der Waals surface area contributed by atoms with Crippen LogP contribution >= 0.6 is 0 Å². The summed E-state index contributed by atoms with van der Waals surface area (Å²) >= 11 is 0. The van der Waals surface area contributed by atoms with E-state index in [2.05, 4.69) is 0 Å². The molecular formula is C11H20O3. The lowest BCUT2D eigenvalue weighted by Gasteiger charge is -2.16. The molecular weight excluding hydrogens is 180 g/mol. The summed E-state index contributed by atoms with van der Waals surface area (Å²) in [4.78, 5) is 11.4. The summed E-state index contributed by atoms with van der Waals surface area (Å²) in [5, 5.41) is 9.39. The first-order chi connectivity index (χ1) is 6.49. The third-order valence-corrected chi connectivity index (χ3v) is 1.95. The van der Waals surface area contributed by atoms with E-state index in [1.807, 2.05) is 19.9 Å². The topological polar surface area (TPSA) is 46.5 Å². The molecule has 0 rings (SSSR count). The Hall–Kier alpha value is -0.830. The first kappa shape index (κ1) is 13.2. The van der Waals surface area contributed by atoms with E-state index in [-0.39, 0.29) is 5.97 Å². The molecule has 1 N–H and O–H groups in total. The molecule has 0 radical (unpaired) electrons. The number of aliphatic hydroxyl groups excluding tert-OH is 1. The molecule has 3 nitrogen and oxygen atoms in total. The summed E-state index contributed by atoms with van der Waals surface area (Å²) in [6.45, 7) is 7.66. The van der Waals surface area contributed by atoms with Crippen LogP contribution in [-0.4, -0.2) is 23.8 Å². The maximum absolute atomic E-state index is 11.4. The summed E-state index contributed by atoms with van der Waals surface area (Å²) in [7, 11) is 0. The molecule has 0 saturated carbocycles. The van der Waals surface area contributed by atoms with Gasteiger partial charge in [-0.1, -0.05) is 11.6 Å². The molecule has 0 bridgehead atoms. The molecule has 0 amide bonds. The van der Waals surface area contributed by atoms with Crippen molar-refractivity contribution in [3.05, 3.63) is 11.6 Å². The number of hydrogen-bond acceptors (Lipinski definition) is 3. The largest absolute Gasteiger partial charge is 0.466 e. The lowest BCUT2D eigenvalue weighted by molar-refractivity contribution is -0.151. The normalized spacial score (nSPS) is 14.4. The second-order valence-corrected chi connectivity index (χ2v) is 3.62. The maximum Gasteiger partial charge on any atom is 0.311 e. The van der Waals surface area contributed by atoms with Crippen molar-refractivity contribution in [3.8, 4) is 0 Å². The molecule has 82 valence electrons. The van der Waals surface area contributed by atoms with Gasteiger partial charge < -0.3 is 9.84 Å². The van der Waals surface area contributed by atoms with Gasteiger partial charge in [-0.3, -0.25) is 4.79 Å². The number of hydrogen-bond donors (Lipinski definition) is 1. The van der Waals surface area contributed by atoms with Crippen molar-refractivity contribution in [2.24, 2.45) is 5.92 Å². The molecule has 2 atom stereocenters. The van der Waals surface area contributed by atoms with Crippen LogP contribution in [0.4, 0.5) is 0 Å². The van der Waals surface area contributed by atoms with Crippen molar-refractivity contribution in [3.63, 3.8) is 0 Å². The van der Waals surface area contributed by atoms with Crippen LogP contribution in [0.3, 0.4) is 0 Å². The van der Waals surface area contributed by atoms with Gasteiger partial charge in [0.1, 0.15) is 0 Å². The molecule has 0 aliphatic rings. The third-order valence-electron chi connectivity index (χ3n) is 1.95. The zero-order valence-corrected chi connectivity index (χ0v) is 9.41. The summed E-state index contributed by atoms with van der Waals surface area (Å²) in [6, 6.07) is 0. The average molecular weight is 200 g/mol. The Labute approximate surface area is 85.8 Å². The van der Waals surface area contributed by atoms with Gasteiger partial charge in [-0.2, -0.15) is 0 Å². The van der Waals surface area contributed by atoms with Gasteiger partial charge in [-0.05, 0) is 34.1 Å². The quantitative estimate of drug-likeness (QED) is 0.544. The van der Waals surface area contributed by atoms with Crippen LogP contribution in [0.1, 0.15) is 34.1 Å². The predicted octanol–water partition coefficient (Wildman–Crippen LogP) is 1.90. The van der Waals surface area contributed by atoms with Crippen LogP contribution in [-0.2, 0) is 9.53 Å². The van der Waals surface area contributed by atoms with E-state index in [1.165, 1.54) is 0 Å². The van der Waals surface area contributed by atoms with E-state index >= 15 is 0 Å². The van der Waals surface area contributed by atoms with E-state index in [9.17, 15) is 9.90 Å². The van der Waals surface area contributed by atoms with Gasteiger partial charge in [0.15, 0.2) is 0 Å². The minimum atomic E-state index is -0.662. The van der Waals surface area contributed by atoms with E-state index < -0.39 is 12.0 Å². The summed E-state index contributed by atoms with van der Waals surface area (Å²) in [5.41, 5.74) is 1.14. The zero-order chi connectivity index (χ0) is 11.1.